The quantitative estimate of drug-likeness (QED) is 0.586. The van der Waals surface area contributed by atoms with Crippen molar-refractivity contribution in [2.45, 2.75) is 53.1 Å². The minimum absolute atomic E-state index is 0.0546. The Morgan fingerprint density at radius 1 is 1.23 bits per heavy atom. The molecule has 1 fully saturated rings. The van der Waals surface area contributed by atoms with Crippen LogP contribution < -0.4 is 16.2 Å². The van der Waals surface area contributed by atoms with E-state index in [1.165, 1.54) is 6.33 Å². The van der Waals surface area contributed by atoms with Crippen LogP contribution in [0.25, 0.3) is 5.65 Å². The van der Waals surface area contributed by atoms with Gasteiger partial charge in [0, 0.05) is 30.4 Å². The lowest BCUT2D eigenvalue weighted by Gasteiger charge is -2.23. The van der Waals surface area contributed by atoms with Crippen molar-refractivity contribution in [1.29, 1.82) is 0 Å². The van der Waals surface area contributed by atoms with Gasteiger partial charge in [-0.25, -0.2) is 9.97 Å². The molecule has 0 radical (unpaired) electrons. The standard InChI is InChI=1S/C20H25N7O3/c1-11-7-13(22-10-21-11)24-14-8-15-26(9-20(2,3)4)18(29)16(19(30)27(15)25-14)17(28)23-12-5-6-12/h7-8,10,12,29H,5-6,9H2,1-4H3,(H,23,28)(H,21,22,24,25). The Kier molecular flexibility index (Phi) is 4.71. The number of amides is 1. The molecule has 3 N–H and O–H groups in total. The Labute approximate surface area is 173 Å². The van der Waals surface area contributed by atoms with Crippen molar-refractivity contribution < 1.29 is 9.90 Å². The first-order valence-electron chi connectivity index (χ1n) is 9.84. The Morgan fingerprint density at radius 3 is 2.60 bits per heavy atom. The third-order valence-corrected chi connectivity index (χ3v) is 4.68. The first kappa shape index (κ1) is 19.9. The van der Waals surface area contributed by atoms with Crippen molar-refractivity contribution >= 4 is 23.2 Å². The van der Waals surface area contributed by atoms with Crippen molar-refractivity contribution in [2.24, 2.45) is 5.41 Å². The van der Waals surface area contributed by atoms with E-state index < -0.39 is 11.5 Å². The van der Waals surface area contributed by atoms with Crippen LogP contribution in [0, 0.1) is 12.3 Å². The van der Waals surface area contributed by atoms with E-state index in [2.05, 4.69) is 25.7 Å². The predicted octanol–water partition coefficient (Wildman–Crippen LogP) is 1.98. The second-order valence-corrected chi connectivity index (χ2v) is 8.87. The number of anilines is 2. The number of rotatable bonds is 5. The average molecular weight is 411 g/mol. The lowest BCUT2D eigenvalue weighted by Crippen LogP contribution is -2.35. The van der Waals surface area contributed by atoms with Crippen molar-refractivity contribution in [3.8, 4) is 5.88 Å². The van der Waals surface area contributed by atoms with Gasteiger partial charge in [-0.3, -0.25) is 14.2 Å². The van der Waals surface area contributed by atoms with E-state index in [0.717, 1.165) is 23.1 Å². The molecule has 3 heterocycles. The van der Waals surface area contributed by atoms with Gasteiger partial charge in [0.25, 0.3) is 11.5 Å². The second-order valence-electron chi connectivity index (χ2n) is 8.87. The van der Waals surface area contributed by atoms with Gasteiger partial charge in [-0.2, -0.15) is 4.52 Å². The molecule has 0 spiro atoms. The van der Waals surface area contributed by atoms with Gasteiger partial charge >= 0.3 is 0 Å². The molecule has 3 aromatic heterocycles. The second kappa shape index (κ2) is 7.12. The molecule has 1 aliphatic rings. The summed E-state index contributed by atoms with van der Waals surface area (Å²) in [4.78, 5) is 33.9. The summed E-state index contributed by atoms with van der Waals surface area (Å²) < 4.78 is 2.69. The number of nitrogens with zero attached hydrogens (tertiary/aromatic N) is 5. The molecule has 0 aromatic carbocycles. The zero-order valence-corrected chi connectivity index (χ0v) is 17.4. The smallest absolute Gasteiger partial charge is 0.291 e. The number of fused-ring (bicyclic) bond motifs is 1. The van der Waals surface area contributed by atoms with Crippen LogP contribution in [0.5, 0.6) is 5.88 Å². The van der Waals surface area contributed by atoms with Gasteiger partial charge < -0.3 is 15.7 Å². The van der Waals surface area contributed by atoms with Gasteiger partial charge in [0.05, 0.1) is 0 Å². The monoisotopic (exact) mass is 411 g/mol. The van der Waals surface area contributed by atoms with E-state index in [0.29, 0.717) is 23.8 Å². The molecule has 0 unspecified atom stereocenters. The molecular formula is C20H25N7O3. The minimum Gasteiger partial charge on any atom is -0.494 e. The molecule has 0 atom stereocenters. The number of aromatic nitrogens is 5. The summed E-state index contributed by atoms with van der Waals surface area (Å²) >= 11 is 0. The first-order valence-corrected chi connectivity index (χ1v) is 9.84. The largest absolute Gasteiger partial charge is 0.494 e. The molecule has 1 aliphatic carbocycles. The first-order chi connectivity index (χ1) is 14.1. The van der Waals surface area contributed by atoms with Crippen LogP contribution in [0.2, 0.25) is 0 Å². The SMILES string of the molecule is Cc1cc(Nc2cc3n(CC(C)(C)C)c(O)c(C(=O)NC4CC4)c(=O)n3n2)ncn1. The maximum atomic E-state index is 13.0. The number of nitrogens with one attached hydrogen (secondary N) is 2. The summed E-state index contributed by atoms with van der Waals surface area (Å²) in [5.41, 5.74) is -0.0355. The molecule has 158 valence electrons. The molecule has 3 aromatic rings. The average Bonchev–Trinajstić information content (AvgIpc) is 3.34. The highest BCUT2D eigenvalue weighted by atomic mass is 16.3. The lowest BCUT2D eigenvalue weighted by atomic mass is 9.96. The van der Waals surface area contributed by atoms with Crippen molar-refractivity contribution in [3.05, 3.63) is 40.1 Å². The predicted molar refractivity (Wildman–Crippen MR) is 111 cm³/mol. The molecule has 1 saturated carbocycles. The molecular weight excluding hydrogens is 386 g/mol. The van der Waals surface area contributed by atoms with E-state index in [1.807, 2.05) is 27.7 Å². The fraction of sp³-hybridized carbons (Fsp3) is 0.450. The van der Waals surface area contributed by atoms with E-state index in [1.54, 1.807) is 16.7 Å². The third kappa shape index (κ3) is 3.98. The van der Waals surface area contributed by atoms with Gasteiger partial charge in [0.2, 0.25) is 5.88 Å². The number of aryl methyl sites for hydroxylation is 1. The number of hydrogen-bond donors (Lipinski definition) is 3. The van der Waals surface area contributed by atoms with Gasteiger partial charge in [0.15, 0.2) is 11.4 Å². The van der Waals surface area contributed by atoms with Crippen LogP contribution in [0.3, 0.4) is 0 Å². The van der Waals surface area contributed by atoms with Crippen LogP contribution >= 0.6 is 0 Å². The van der Waals surface area contributed by atoms with Crippen molar-refractivity contribution in [3.63, 3.8) is 0 Å². The Morgan fingerprint density at radius 2 is 1.97 bits per heavy atom. The third-order valence-electron chi connectivity index (χ3n) is 4.68. The molecule has 0 aliphatic heterocycles. The van der Waals surface area contributed by atoms with Crippen molar-refractivity contribution in [2.75, 3.05) is 5.32 Å². The Balaban J connectivity index is 1.85. The van der Waals surface area contributed by atoms with Crippen LogP contribution in [0.1, 0.15) is 49.7 Å². The summed E-state index contributed by atoms with van der Waals surface area (Å²) in [5, 5.41) is 21.0. The number of hydrogen-bond acceptors (Lipinski definition) is 7. The van der Waals surface area contributed by atoms with Crippen LogP contribution in [0.4, 0.5) is 11.6 Å². The van der Waals surface area contributed by atoms with Crippen LogP contribution in [0.15, 0.2) is 23.3 Å². The summed E-state index contributed by atoms with van der Waals surface area (Å²) in [6, 6.07) is 3.45. The summed E-state index contributed by atoms with van der Waals surface area (Å²) in [6.45, 7) is 8.23. The molecule has 1 amide bonds. The number of carbonyl (C=O) groups is 1. The summed E-state index contributed by atoms with van der Waals surface area (Å²) in [7, 11) is 0. The van der Waals surface area contributed by atoms with Gasteiger partial charge in [-0.05, 0) is 25.2 Å². The molecule has 0 saturated heterocycles. The minimum atomic E-state index is -0.669. The Bertz CT molecular complexity index is 1190. The summed E-state index contributed by atoms with van der Waals surface area (Å²) in [5.74, 6) is -0.0467. The number of carbonyl (C=O) groups excluding carboxylic acids is 1. The number of aromatic hydroxyl groups is 1. The highest BCUT2D eigenvalue weighted by Crippen LogP contribution is 2.27. The van der Waals surface area contributed by atoms with Crippen LogP contribution in [-0.2, 0) is 6.54 Å². The highest BCUT2D eigenvalue weighted by Gasteiger charge is 2.30. The maximum Gasteiger partial charge on any atom is 0.291 e. The molecule has 10 heteroatoms. The van der Waals surface area contributed by atoms with E-state index in [4.69, 9.17) is 0 Å². The zero-order valence-electron chi connectivity index (χ0n) is 17.4. The summed E-state index contributed by atoms with van der Waals surface area (Å²) in [6.07, 6.45) is 3.18. The molecule has 0 bridgehead atoms. The molecule has 30 heavy (non-hydrogen) atoms. The van der Waals surface area contributed by atoms with Gasteiger partial charge in [-0.15, -0.1) is 5.10 Å². The van der Waals surface area contributed by atoms with E-state index in [-0.39, 0.29) is 22.9 Å². The lowest BCUT2D eigenvalue weighted by molar-refractivity contribution is 0.0944. The zero-order chi connectivity index (χ0) is 21.6. The fourth-order valence-corrected chi connectivity index (χ4v) is 3.19. The fourth-order valence-electron chi connectivity index (χ4n) is 3.19. The Hall–Kier alpha value is -3.43. The highest BCUT2D eigenvalue weighted by molar-refractivity contribution is 5.96. The normalized spacial score (nSPS) is 14.1. The van der Waals surface area contributed by atoms with E-state index in [9.17, 15) is 14.7 Å². The molecule has 10 nitrogen and oxygen atoms in total. The van der Waals surface area contributed by atoms with Gasteiger partial charge in [-0.1, -0.05) is 20.8 Å². The molecule has 4 rings (SSSR count). The van der Waals surface area contributed by atoms with Gasteiger partial charge in [0.1, 0.15) is 17.8 Å². The maximum absolute atomic E-state index is 13.0. The topological polar surface area (TPSA) is 126 Å². The van der Waals surface area contributed by atoms with Crippen LogP contribution in [-0.4, -0.2) is 41.2 Å². The van der Waals surface area contributed by atoms with Crippen molar-refractivity contribution in [1.82, 2.24) is 29.5 Å². The van der Waals surface area contributed by atoms with E-state index >= 15 is 0 Å².